The van der Waals surface area contributed by atoms with E-state index < -0.39 is 5.70 Å². The van der Waals surface area contributed by atoms with E-state index in [1.807, 2.05) is 24.3 Å². The molecule has 0 spiro atoms. The van der Waals surface area contributed by atoms with E-state index in [0.29, 0.717) is 29.4 Å². The van der Waals surface area contributed by atoms with Crippen molar-refractivity contribution in [3.8, 4) is 11.3 Å². The molecule has 3 nitrogen and oxygen atoms in total. The number of thioether (sulfide) groups is 1. The van der Waals surface area contributed by atoms with Crippen molar-refractivity contribution in [2.45, 2.75) is 44.3 Å². The van der Waals surface area contributed by atoms with Crippen LogP contribution in [0.2, 0.25) is 0 Å². The minimum absolute atomic E-state index is 0.0501. The number of rotatable bonds is 2. The zero-order chi connectivity index (χ0) is 18.4. The van der Waals surface area contributed by atoms with Crippen LogP contribution >= 0.6 is 11.8 Å². The van der Waals surface area contributed by atoms with E-state index >= 15 is 0 Å². The minimum atomic E-state index is -1.40. The molecule has 0 bridgehead atoms. The summed E-state index contributed by atoms with van der Waals surface area (Å²) < 4.78 is 17.5. The summed E-state index contributed by atoms with van der Waals surface area (Å²) in [4.78, 5) is 17.4. The lowest BCUT2D eigenvalue weighted by Gasteiger charge is -2.21. The first-order chi connectivity index (χ1) is 11.6. The van der Waals surface area contributed by atoms with E-state index in [9.17, 15) is 4.79 Å². The summed E-state index contributed by atoms with van der Waals surface area (Å²) in [5.41, 5.74) is 1.58. The van der Waals surface area contributed by atoms with Crippen LogP contribution in [-0.4, -0.2) is 15.3 Å². The monoisotopic (exact) mass is 328 g/mol. The number of aromatic nitrogens is 2. The van der Waals surface area contributed by atoms with Gasteiger partial charge >= 0.3 is 0 Å². The van der Waals surface area contributed by atoms with Gasteiger partial charge in [0, 0.05) is 20.6 Å². The zero-order valence-electron chi connectivity index (χ0n) is 15.7. The molecule has 1 aliphatic heterocycles. The molecule has 1 aromatic carbocycles. The van der Waals surface area contributed by atoms with Crippen molar-refractivity contribution >= 4 is 17.8 Å². The Morgan fingerprint density at radius 1 is 1.35 bits per heavy atom. The molecule has 0 N–H and O–H groups in total. The fourth-order valence-corrected chi connectivity index (χ4v) is 3.37. The average molecular weight is 328 g/mol. The molecule has 0 atom stereocenters. The normalized spacial score (nSPS) is 17.9. The van der Waals surface area contributed by atoms with Gasteiger partial charge in [-0.05, 0) is 17.4 Å². The van der Waals surface area contributed by atoms with Crippen molar-refractivity contribution in [2.24, 2.45) is 0 Å². The lowest BCUT2D eigenvalue weighted by Crippen LogP contribution is -2.28. The second-order valence-corrected chi connectivity index (χ2v) is 7.50. The van der Waals surface area contributed by atoms with Crippen molar-refractivity contribution in [3.63, 3.8) is 0 Å². The summed E-state index contributed by atoms with van der Waals surface area (Å²) in [6.07, 6.45) is 1.84. The number of benzene rings is 1. The van der Waals surface area contributed by atoms with E-state index in [0.717, 1.165) is 17.3 Å². The Morgan fingerprint density at radius 2 is 2.04 bits per heavy atom. The Hall–Kier alpha value is -1.81. The third-order valence-electron chi connectivity index (χ3n) is 4.00. The molecule has 1 aliphatic rings. The maximum Gasteiger partial charge on any atom is 0.262 e. The summed E-state index contributed by atoms with van der Waals surface area (Å²) in [6, 6.07) is 8.03. The topological polar surface area (TPSA) is 34.9 Å². The first-order valence-corrected chi connectivity index (χ1v) is 8.51. The molecule has 120 valence electrons. The SMILES string of the molecule is [2H]C1([2H])CCn2c(nc(-c3ccc(C(C)(C)C)cc3)c(C=C)c2=O)S1. The quantitative estimate of drug-likeness (QED) is 0.769. The van der Waals surface area contributed by atoms with Gasteiger partial charge in [0.25, 0.3) is 5.56 Å². The van der Waals surface area contributed by atoms with Gasteiger partial charge in [-0.1, -0.05) is 69.5 Å². The molecule has 0 fully saturated rings. The van der Waals surface area contributed by atoms with Crippen LogP contribution in [-0.2, 0) is 12.0 Å². The molecule has 0 unspecified atom stereocenters. The van der Waals surface area contributed by atoms with Crippen molar-refractivity contribution < 1.29 is 2.74 Å². The van der Waals surface area contributed by atoms with Crippen LogP contribution in [0.15, 0.2) is 40.8 Å². The largest absolute Gasteiger partial charge is 0.287 e. The number of fused-ring (bicyclic) bond motifs is 1. The van der Waals surface area contributed by atoms with Crippen molar-refractivity contribution in [2.75, 3.05) is 5.70 Å². The number of hydrogen-bond acceptors (Lipinski definition) is 3. The fraction of sp³-hybridized carbons (Fsp3) is 0.368. The smallest absolute Gasteiger partial charge is 0.262 e. The highest BCUT2D eigenvalue weighted by molar-refractivity contribution is 7.99. The summed E-state index contributed by atoms with van der Waals surface area (Å²) in [5.74, 6) is 0. The lowest BCUT2D eigenvalue weighted by molar-refractivity contribution is 0.563. The summed E-state index contributed by atoms with van der Waals surface area (Å²) in [6.45, 7) is 10.6. The first kappa shape index (κ1) is 13.6. The predicted molar refractivity (Wildman–Crippen MR) is 98.1 cm³/mol. The Bertz CT molecular complexity index is 880. The van der Waals surface area contributed by atoms with Crippen molar-refractivity contribution in [1.82, 2.24) is 9.55 Å². The first-order valence-electron chi connectivity index (χ1n) is 8.69. The van der Waals surface area contributed by atoms with Crippen LogP contribution in [0.5, 0.6) is 0 Å². The van der Waals surface area contributed by atoms with Gasteiger partial charge in [0.2, 0.25) is 0 Å². The summed E-state index contributed by atoms with van der Waals surface area (Å²) in [7, 11) is 0. The highest BCUT2D eigenvalue weighted by Gasteiger charge is 2.19. The molecule has 0 saturated carbocycles. The van der Waals surface area contributed by atoms with E-state index in [-0.39, 0.29) is 11.0 Å². The van der Waals surface area contributed by atoms with E-state index in [2.05, 4.69) is 32.3 Å². The van der Waals surface area contributed by atoms with Gasteiger partial charge in [-0.25, -0.2) is 4.98 Å². The van der Waals surface area contributed by atoms with E-state index in [1.54, 1.807) is 10.6 Å². The molecule has 0 aliphatic carbocycles. The Balaban J connectivity index is 2.15. The van der Waals surface area contributed by atoms with E-state index in [4.69, 9.17) is 2.74 Å². The molecule has 3 rings (SSSR count). The number of hydrogen-bond donors (Lipinski definition) is 0. The second-order valence-electron chi connectivity index (χ2n) is 6.64. The van der Waals surface area contributed by atoms with Gasteiger partial charge in [-0.3, -0.25) is 9.36 Å². The highest BCUT2D eigenvalue weighted by Crippen LogP contribution is 2.29. The standard InChI is InChI=1S/C19H22N2OS/c1-5-15-16(13-7-9-14(10-8-13)19(2,3)4)20-18-21(17(15)22)11-6-12-23-18/h5,7-10H,1,6,11-12H2,2-4H3/i12D2. The molecule has 23 heavy (non-hydrogen) atoms. The van der Waals surface area contributed by atoms with Gasteiger partial charge in [0.1, 0.15) is 0 Å². The third-order valence-corrected chi connectivity index (χ3v) is 4.84. The van der Waals surface area contributed by atoms with Gasteiger partial charge < -0.3 is 0 Å². The average Bonchev–Trinajstić information content (AvgIpc) is 2.53. The van der Waals surface area contributed by atoms with Gasteiger partial charge in [0.15, 0.2) is 5.16 Å². The maximum absolute atomic E-state index is 12.8. The molecular weight excluding hydrogens is 304 g/mol. The van der Waals surface area contributed by atoms with Crippen LogP contribution < -0.4 is 5.56 Å². The van der Waals surface area contributed by atoms with Crippen LogP contribution in [0.25, 0.3) is 17.3 Å². The third kappa shape index (κ3) is 3.00. The Kier molecular flexibility index (Phi) is 3.55. The van der Waals surface area contributed by atoms with Crippen LogP contribution in [0.4, 0.5) is 0 Å². The van der Waals surface area contributed by atoms with Gasteiger partial charge in [-0.2, -0.15) is 0 Å². The molecule has 0 amide bonds. The van der Waals surface area contributed by atoms with Gasteiger partial charge in [-0.15, -0.1) is 0 Å². The van der Waals surface area contributed by atoms with Crippen molar-refractivity contribution in [3.05, 3.63) is 52.3 Å². The molecule has 2 aromatic rings. The highest BCUT2D eigenvalue weighted by atomic mass is 32.2. The maximum atomic E-state index is 12.8. The Labute approximate surface area is 144 Å². The van der Waals surface area contributed by atoms with Gasteiger partial charge in [0.05, 0.1) is 11.3 Å². The molecule has 4 heteroatoms. The van der Waals surface area contributed by atoms with E-state index in [1.165, 1.54) is 5.56 Å². The predicted octanol–water partition coefficient (Wildman–Crippen LogP) is 4.35. The molecule has 0 saturated heterocycles. The minimum Gasteiger partial charge on any atom is -0.287 e. The lowest BCUT2D eigenvalue weighted by atomic mass is 9.86. The zero-order valence-corrected chi connectivity index (χ0v) is 14.5. The molecule has 0 radical (unpaired) electrons. The fourth-order valence-electron chi connectivity index (χ4n) is 2.63. The van der Waals surface area contributed by atoms with Crippen LogP contribution in [0, 0.1) is 0 Å². The van der Waals surface area contributed by atoms with Crippen LogP contribution in [0.1, 0.15) is 41.1 Å². The van der Waals surface area contributed by atoms with Crippen LogP contribution in [0.3, 0.4) is 0 Å². The Morgan fingerprint density at radius 3 is 2.65 bits per heavy atom. The molecule has 2 heterocycles. The summed E-state index contributed by atoms with van der Waals surface area (Å²) >= 11 is 1.01. The summed E-state index contributed by atoms with van der Waals surface area (Å²) in [5, 5.41) is 0.432. The molecular formula is C19H22N2OS. The molecule has 1 aromatic heterocycles. The van der Waals surface area contributed by atoms with Crippen molar-refractivity contribution in [1.29, 1.82) is 0 Å². The number of nitrogens with zero attached hydrogens (tertiary/aromatic N) is 2. The second kappa shape index (κ2) is 6.00.